The van der Waals surface area contributed by atoms with E-state index in [1.54, 1.807) is 0 Å². The Morgan fingerprint density at radius 3 is 2.27 bits per heavy atom. The molecule has 0 saturated heterocycles. The third kappa shape index (κ3) is 3.04. The lowest BCUT2D eigenvalue weighted by Crippen LogP contribution is -2.14. The van der Waals surface area contributed by atoms with Crippen LogP contribution in [-0.2, 0) is 6.54 Å². The molecule has 4 heterocycles. The number of hydrogen-bond acceptors (Lipinski definition) is 5. The second-order valence-corrected chi connectivity index (χ2v) is 7.11. The van der Waals surface area contributed by atoms with Crippen LogP contribution in [0.1, 0.15) is 30.0 Å². The molecule has 1 aromatic carbocycles. The summed E-state index contributed by atoms with van der Waals surface area (Å²) in [5, 5.41) is 8.51. The molecule has 5 rings (SSSR count). The van der Waals surface area contributed by atoms with Gasteiger partial charge in [0, 0.05) is 24.5 Å². The third-order valence-electron chi connectivity index (χ3n) is 5.27. The fourth-order valence-corrected chi connectivity index (χ4v) is 3.87. The maximum absolute atomic E-state index is 4.65. The highest BCUT2D eigenvalue weighted by molar-refractivity contribution is 5.82. The zero-order valence-electron chi connectivity index (χ0n) is 16.8. The van der Waals surface area contributed by atoms with E-state index in [2.05, 4.69) is 48.9 Å². The summed E-state index contributed by atoms with van der Waals surface area (Å²) in [4.78, 5) is 13.9. The summed E-state index contributed by atoms with van der Waals surface area (Å²) >= 11 is 0. The van der Waals surface area contributed by atoms with Gasteiger partial charge in [-0.15, -0.1) is 5.10 Å². The molecule has 148 valence electrons. The van der Waals surface area contributed by atoms with Crippen molar-refractivity contribution in [3.63, 3.8) is 0 Å². The first-order chi connectivity index (χ1) is 14.8. The van der Waals surface area contributed by atoms with E-state index in [1.807, 2.05) is 72.8 Å². The highest BCUT2D eigenvalue weighted by Gasteiger charge is 2.22. The number of fused-ring (bicyclic) bond motifs is 1. The number of aromatic nitrogens is 7. The second kappa shape index (κ2) is 7.51. The van der Waals surface area contributed by atoms with Gasteiger partial charge in [-0.1, -0.05) is 23.4 Å². The molecule has 0 radical (unpaired) electrons. The third-order valence-corrected chi connectivity index (χ3v) is 5.27. The summed E-state index contributed by atoms with van der Waals surface area (Å²) in [6.45, 7) is 4.82. The number of imidazole rings is 1. The SMILES string of the molecule is CCn1nnc(C)c1-c1ccc2ncn(C(c3ccccn3)c3ccccn3)c2c1. The molecule has 4 aromatic heterocycles. The summed E-state index contributed by atoms with van der Waals surface area (Å²) < 4.78 is 4.06. The number of pyridine rings is 2. The standard InChI is InChI=1S/C23H21N7/c1-3-30-22(16(2)27-28-30)17-10-11-18-21(14-17)29(15-26-18)23(19-8-4-6-12-24-19)20-9-5-7-13-25-20/h4-15,23H,3H2,1-2H3. The fourth-order valence-electron chi connectivity index (χ4n) is 3.87. The van der Waals surface area contributed by atoms with E-state index in [4.69, 9.17) is 0 Å². The topological polar surface area (TPSA) is 74.3 Å². The Labute approximate surface area is 174 Å². The summed E-state index contributed by atoms with van der Waals surface area (Å²) in [7, 11) is 0. The number of rotatable bonds is 5. The van der Waals surface area contributed by atoms with Crippen LogP contribution in [0.15, 0.2) is 73.3 Å². The molecule has 0 unspecified atom stereocenters. The highest BCUT2D eigenvalue weighted by atomic mass is 15.4. The van der Waals surface area contributed by atoms with Crippen LogP contribution >= 0.6 is 0 Å². The molecule has 0 bridgehead atoms. The van der Waals surface area contributed by atoms with E-state index < -0.39 is 0 Å². The van der Waals surface area contributed by atoms with Crippen LogP contribution in [0.5, 0.6) is 0 Å². The van der Waals surface area contributed by atoms with Gasteiger partial charge >= 0.3 is 0 Å². The van der Waals surface area contributed by atoms with Crippen LogP contribution in [-0.4, -0.2) is 34.5 Å². The molecule has 0 fully saturated rings. The average Bonchev–Trinajstić information content (AvgIpc) is 3.38. The number of nitrogens with zero attached hydrogens (tertiary/aromatic N) is 7. The van der Waals surface area contributed by atoms with Gasteiger partial charge in [0.15, 0.2) is 0 Å². The first-order valence-electron chi connectivity index (χ1n) is 9.95. The van der Waals surface area contributed by atoms with Crippen LogP contribution < -0.4 is 0 Å². The Balaban J connectivity index is 1.72. The largest absolute Gasteiger partial charge is 0.316 e. The minimum absolute atomic E-state index is 0.178. The normalized spacial score (nSPS) is 11.4. The van der Waals surface area contributed by atoms with E-state index in [0.717, 1.165) is 45.9 Å². The van der Waals surface area contributed by atoms with Gasteiger partial charge in [0.05, 0.1) is 40.1 Å². The van der Waals surface area contributed by atoms with Gasteiger partial charge in [0.2, 0.25) is 0 Å². The molecule has 0 amide bonds. The molecule has 0 aliphatic carbocycles. The van der Waals surface area contributed by atoms with E-state index in [9.17, 15) is 0 Å². The van der Waals surface area contributed by atoms with Gasteiger partial charge in [0.25, 0.3) is 0 Å². The molecule has 0 saturated carbocycles. The summed E-state index contributed by atoms with van der Waals surface area (Å²) in [5.41, 5.74) is 6.76. The predicted molar refractivity (Wildman–Crippen MR) is 115 cm³/mol. The molecule has 0 aliphatic heterocycles. The summed E-state index contributed by atoms with van der Waals surface area (Å²) in [5.74, 6) is 0. The maximum atomic E-state index is 4.65. The van der Waals surface area contributed by atoms with Crippen molar-refractivity contribution in [2.75, 3.05) is 0 Å². The van der Waals surface area contributed by atoms with Crippen LogP contribution in [0.25, 0.3) is 22.3 Å². The Hall–Kier alpha value is -3.87. The van der Waals surface area contributed by atoms with Crippen molar-refractivity contribution in [2.45, 2.75) is 26.4 Å². The minimum Gasteiger partial charge on any atom is -0.316 e. The molecule has 0 N–H and O–H groups in total. The molecular weight excluding hydrogens is 374 g/mol. The first-order valence-corrected chi connectivity index (χ1v) is 9.95. The van der Waals surface area contributed by atoms with Gasteiger partial charge in [-0.25, -0.2) is 9.67 Å². The molecule has 7 nitrogen and oxygen atoms in total. The van der Waals surface area contributed by atoms with Crippen molar-refractivity contribution in [1.29, 1.82) is 0 Å². The maximum Gasteiger partial charge on any atom is 0.119 e. The van der Waals surface area contributed by atoms with Crippen molar-refractivity contribution in [2.24, 2.45) is 0 Å². The number of aryl methyl sites for hydroxylation is 2. The molecule has 0 aliphatic rings. The minimum atomic E-state index is -0.178. The van der Waals surface area contributed by atoms with Gasteiger partial charge in [-0.05, 0) is 50.2 Å². The molecular formula is C23H21N7. The van der Waals surface area contributed by atoms with E-state index in [0.29, 0.717) is 0 Å². The summed E-state index contributed by atoms with van der Waals surface area (Å²) in [6.07, 6.45) is 5.49. The molecule has 0 spiro atoms. The monoisotopic (exact) mass is 395 g/mol. The van der Waals surface area contributed by atoms with Crippen LogP contribution in [0.2, 0.25) is 0 Å². The van der Waals surface area contributed by atoms with Gasteiger partial charge in [-0.2, -0.15) is 0 Å². The molecule has 30 heavy (non-hydrogen) atoms. The highest BCUT2D eigenvalue weighted by Crippen LogP contribution is 2.31. The van der Waals surface area contributed by atoms with Crippen molar-refractivity contribution < 1.29 is 0 Å². The van der Waals surface area contributed by atoms with E-state index in [1.165, 1.54) is 0 Å². The Kier molecular flexibility index (Phi) is 4.55. The fraction of sp³-hybridized carbons (Fsp3) is 0.174. The zero-order valence-corrected chi connectivity index (χ0v) is 16.8. The summed E-state index contributed by atoms with van der Waals surface area (Å²) in [6, 6.07) is 18.0. The van der Waals surface area contributed by atoms with Crippen molar-refractivity contribution >= 4 is 11.0 Å². The van der Waals surface area contributed by atoms with Crippen molar-refractivity contribution in [3.05, 3.63) is 90.4 Å². The second-order valence-electron chi connectivity index (χ2n) is 7.11. The lowest BCUT2D eigenvalue weighted by Gasteiger charge is -2.19. The molecule has 0 atom stereocenters. The van der Waals surface area contributed by atoms with Crippen LogP contribution in [0.4, 0.5) is 0 Å². The van der Waals surface area contributed by atoms with Gasteiger partial charge in [-0.3, -0.25) is 9.97 Å². The van der Waals surface area contributed by atoms with Gasteiger partial charge < -0.3 is 4.57 Å². The molecule has 5 aromatic rings. The van der Waals surface area contributed by atoms with Crippen molar-refractivity contribution in [1.82, 2.24) is 34.5 Å². The Bertz CT molecular complexity index is 1250. The number of hydrogen-bond donors (Lipinski definition) is 0. The van der Waals surface area contributed by atoms with E-state index in [-0.39, 0.29) is 6.04 Å². The van der Waals surface area contributed by atoms with Crippen LogP contribution in [0, 0.1) is 6.92 Å². The Morgan fingerprint density at radius 1 is 0.900 bits per heavy atom. The van der Waals surface area contributed by atoms with E-state index >= 15 is 0 Å². The van der Waals surface area contributed by atoms with Gasteiger partial charge in [0.1, 0.15) is 6.04 Å². The lowest BCUT2D eigenvalue weighted by molar-refractivity contribution is 0.632. The number of benzene rings is 1. The van der Waals surface area contributed by atoms with Crippen LogP contribution in [0.3, 0.4) is 0 Å². The Morgan fingerprint density at radius 2 is 1.63 bits per heavy atom. The molecule has 7 heteroatoms. The first kappa shape index (κ1) is 18.2. The average molecular weight is 395 g/mol. The lowest BCUT2D eigenvalue weighted by atomic mass is 10.1. The van der Waals surface area contributed by atoms with Crippen molar-refractivity contribution in [3.8, 4) is 11.3 Å². The predicted octanol–water partition coefficient (Wildman–Crippen LogP) is 4.05. The zero-order chi connectivity index (χ0) is 20.5. The quantitative estimate of drug-likeness (QED) is 0.449. The smallest absolute Gasteiger partial charge is 0.119 e.